The Labute approximate surface area is 210 Å². The van der Waals surface area contributed by atoms with E-state index in [1.807, 2.05) is 36.4 Å². The molecule has 182 valence electrons. The van der Waals surface area contributed by atoms with E-state index in [9.17, 15) is 15.0 Å². The molecule has 0 unspecified atom stereocenters. The molecule has 0 spiro atoms. The molecule has 7 heteroatoms. The topological polar surface area (TPSA) is 82.9 Å². The largest absolute Gasteiger partial charge is 0.497 e. The second-order valence-corrected chi connectivity index (χ2v) is 9.35. The number of rotatable bonds is 7. The number of fused-ring (bicyclic) bond motifs is 1. The fourth-order valence-electron chi connectivity index (χ4n) is 4.72. The number of carboxylic acid groups (broad SMARTS) is 1. The van der Waals surface area contributed by atoms with Crippen LogP contribution in [-0.4, -0.2) is 52.8 Å². The Morgan fingerprint density at radius 2 is 2.06 bits per heavy atom. The minimum absolute atomic E-state index is 0.00487. The number of ether oxygens (including phenoxy) is 1. The van der Waals surface area contributed by atoms with E-state index in [1.54, 1.807) is 25.4 Å². The van der Waals surface area contributed by atoms with Crippen LogP contribution in [0.3, 0.4) is 0 Å². The maximum Gasteiger partial charge on any atom is 0.308 e. The van der Waals surface area contributed by atoms with E-state index in [2.05, 4.69) is 21.7 Å². The number of benzene rings is 2. The van der Waals surface area contributed by atoms with Crippen LogP contribution >= 0.6 is 11.6 Å². The molecule has 1 aliphatic heterocycles. The van der Waals surface area contributed by atoms with Crippen molar-refractivity contribution >= 4 is 28.5 Å². The molecule has 4 rings (SSSR count). The normalized spacial score (nSPS) is 19.1. The van der Waals surface area contributed by atoms with Crippen molar-refractivity contribution in [2.45, 2.75) is 25.4 Å². The van der Waals surface area contributed by atoms with Gasteiger partial charge < -0.3 is 14.9 Å². The molecule has 1 aliphatic rings. The molecule has 0 aliphatic carbocycles. The van der Waals surface area contributed by atoms with Crippen LogP contribution < -0.4 is 4.74 Å². The molecule has 6 nitrogen and oxygen atoms in total. The summed E-state index contributed by atoms with van der Waals surface area (Å²) in [5.41, 5.74) is 2.46. The number of aliphatic carboxylic acids is 1. The fourth-order valence-corrected chi connectivity index (χ4v) is 4.84. The number of hydrogen-bond acceptors (Lipinski definition) is 5. The number of nitrogens with zero attached hydrogens (tertiary/aromatic N) is 2. The van der Waals surface area contributed by atoms with Gasteiger partial charge in [-0.15, -0.1) is 0 Å². The second kappa shape index (κ2) is 11.5. The summed E-state index contributed by atoms with van der Waals surface area (Å²) in [6.45, 7) is 1.77. The highest BCUT2D eigenvalue weighted by molar-refractivity contribution is 6.30. The lowest BCUT2D eigenvalue weighted by Gasteiger charge is -2.36. The van der Waals surface area contributed by atoms with Crippen molar-refractivity contribution in [1.82, 2.24) is 9.88 Å². The number of carbonyl (C=O) groups is 1. The van der Waals surface area contributed by atoms with Crippen molar-refractivity contribution in [2.24, 2.45) is 11.8 Å². The zero-order chi connectivity index (χ0) is 24.8. The number of aliphatic hydroxyl groups is 1. The van der Waals surface area contributed by atoms with Gasteiger partial charge in [0.25, 0.3) is 0 Å². The summed E-state index contributed by atoms with van der Waals surface area (Å²) < 4.78 is 5.33. The van der Waals surface area contributed by atoms with Crippen molar-refractivity contribution < 1.29 is 19.7 Å². The van der Waals surface area contributed by atoms with Crippen molar-refractivity contribution in [3.63, 3.8) is 0 Å². The lowest BCUT2D eigenvalue weighted by Crippen LogP contribution is -2.44. The molecule has 0 bridgehead atoms. The molecular formula is C28H29ClN2O4. The number of carboxylic acids is 1. The van der Waals surface area contributed by atoms with Crippen LogP contribution in [0.25, 0.3) is 10.9 Å². The molecule has 2 aromatic carbocycles. The summed E-state index contributed by atoms with van der Waals surface area (Å²) >= 11 is 5.91. The highest BCUT2D eigenvalue weighted by Crippen LogP contribution is 2.33. The van der Waals surface area contributed by atoms with Gasteiger partial charge in [0.2, 0.25) is 0 Å². The van der Waals surface area contributed by atoms with Crippen LogP contribution in [0.15, 0.2) is 54.7 Å². The smallest absolute Gasteiger partial charge is 0.308 e. The summed E-state index contributed by atoms with van der Waals surface area (Å²) in [7, 11) is 1.61. The second-order valence-electron chi connectivity index (χ2n) is 8.91. The molecule has 1 fully saturated rings. The first-order valence-electron chi connectivity index (χ1n) is 11.7. The number of halogens is 1. The van der Waals surface area contributed by atoms with Gasteiger partial charge in [-0.25, -0.2) is 0 Å². The van der Waals surface area contributed by atoms with E-state index < -0.39 is 18.0 Å². The minimum Gasteiger partial charge on any atom is -0.497 e. The Morgan fingerprint density at radius 1 is 1.26 bits per heavy atom. The first-order valence-corrected chi connectivity index (χ1v) is 12.1. The van der Waals surface area contributed by atoms with Crippen molar-refractivity contribution in [2.75, 3.05) is 26.7 Å². The van der Waals surface area contributed by atoms with Gasteiger partial charge in [-0.05, 0) is 85.8 Å². The average molecular weight is 493 g/mol. The predicted octanol–water partition coefficient (Wildman–Crippen LogP) is 4.78. The molecule has 0 amide bonds. The van der Waals surface area contributed by atoms with Gasteiger partial charge in [0.05, 0.1) is 31.2 Å². The molecule has 0 radical (unpaired) electrons. The average Bonchev–Trinajstić information content (AvgIpc) is 2.88. The summed E-state index contributed by atoms with van der Waals surface area (Å²) in [6.07, 6.45) is 2.87. The van der Waals surface area contributed by atoms with Gasteiger partial charge in [-0.3, -0.25) is 14.7 Å². The third kappa shape index (κ3) is 6.32. The lowest BCUT2D eigenvalue weighted by atomic mass is 9.81. The molecule has 3 atom stereocenters. The highest BCUT2D eigenvalue weighted by Gasteiger charge is 2.34. The van der Waals surface area contributed by atoms with Crippen LogP contribution in [-0.2, 0) is 4.79 Å². The Balaban J connectivity index is 1.37. The maximum absolute atomic E-state index is 12.0. The molecule has 0 saturated carbocycles. The first kappa shape index (κ1) is 25.0. The van der Waals surface area contributed by atoms with Gasteiger partial charge in [0, 0.05) is 28.7 Å². The first-order chi connectivity index (χ1) is 16.9. The van der Waals surface area contributed by atoms with Gasteiger partial charge in [-0.2, -0.15) is 0 Å². The molecule has 1 saturated heterocycles. The Kier molecular flexibility index (Phi) is 8.25. The summed E-state index contributed by atoms with van der Waals surface area (Å²) in [4.78, 5) is 18.5. The summed E-state index contributed by atoms with van der Waals surface area (Å²) in [5.74, 6) is 5.69. The van der Waals surface area contributed by atoms with E-state index >= 15 is 0 Å². The zero-order valence-electron chi connectivity index (χ0n) is 19.7. The van der Waals surface area contributed by atoms with E-state index in [0.29, 0.717) is 36.7 Å². The quantitative estimate of drug-likeness (QED) is 0.462. The number of methoxy groups -OCH3 is 1. The molecular weight excluding hydrogens is 464 g/mol. The van der Waals surface area contributed by atoms with Gasteiger partial charge in [-0.1, -0.05) is 23.4 Å². The third-order valence-corrected chi connectivity index (χ3v) is 6.94. The van der Waals surface area contributed by atoms with Crippen LogP contribution in [0, 0.1) is 23.7 Å². The fraction of sp³-hybridized carbons (Fsp3) is 0.357. The number of likely N-dealkylation sites (tertiary alicyclic amines) is 1. The Hall–Kier alpha value is -3.11. The maximum atomic E-state index is 12.0. The molecule has 35 heavy (non-hydrogen) atoms. The number of pyridine rings is 1. The summed E-state index contributed by atoms with van der Waals surface area (Å²) in [6, 6.07) is 14.8. The summed E-state index contributed by atoms with van der Waals surface area (Å²) in [5, 5.41) is 22.4. The molecule has 2 N–H and O–H groups in total. The highest BCUT2D eigenvalue weighted by atomic mass is 35.5. The zero-order valence-corrected chi connectivity index (χ0v) is 20.4. The van der Waals surface area contributed by atoms with Crippen molar-refractivity contribution in [3.8, 4) is 17.6 Å². The molecule has 2 heterocycles. The third-order valence-electron chi connectivity index (χ3n) is 6.69. The monoisotopic (exact) mass is 492 g/mol. The Bertz CT molecular complexity index is 1240. The predicted molar refractivity (Wildman–Crippen MR) is 136 cm³/mol. The number of aliphatic hydroxyl groups excluding tert-OH is 1. The van der Waals surface area contributed by atoms with Crippen LogP contribution in [0.1, 0.15) is 36.5 Å². The minimum atomic E-state index is -0.793. The van der Waals surface area contributed by atoms with Gasteiger partial charge in [0.1, 0.15) is 5.75 Å². The van der Waals surface area contributed by atoms with Crippen molar-refractivity contribution in [1.29, 1.82) is 0 Å². The van der Waals surface area contributed by atoms with Gasteiger partial charge >= 0.3 is 5.97 Å². The number of aromatic nitrogens is 1. The molecule has 3 aromatic rings. The Morgan fingerprint density at radius 3 is 2.80 bits per heavy atom. The standard InChI is InChI=1S/C28H29ClN2O4/c1-35-22-9-10-26-24(17-22)23(12-14-30-26)27(32)11-6-20-13-16-31(18-25(20)28(33)34)15-2-3-19-4-7-21(29)8-5-19/h4-5,7-10,12,14,17,20,25,27,32H,6,11,13,15-16,18H2,1H3,(H,33,34)/t20-,25+,27+/m1/s1. The van der Waals surface area contributed by atoms with E-state index in [1.165, 1.54) is 0 Å². The lowest BCUT2D eigenvalue weighted by molar-refractivity contribution is -0.146. The van der Waals surface area contributed by atoms with Crippen molar-refractivity contribution in [3.05, 3.63) is 70.9 Å². The molecule has 1 aromatic heterocycles. The number of piperidine rings is 1. The van der Waals surface area contributed by atoms with Crippen LogP contribution in [0.5, 0.6) is 5.75 Å². The van der Waals surface area contributed by atoms with Crippen LogP contribution in [0.2, 0.25) is 5.02 Å². The van der Waals surface area contributed by atoms with E-state index in [0.717, 1.165) is 35.0 Å². The van der Waals surface area contributed by atoms with Crippen LogP contribution in [0.4, 0.5) is 0 Å². The van der Waals surface area contributed by atoms with E-state index in [4.69, 9.17) is 16.3 Å². The van der Waals surface area contributed by atoms with Gasteiger partial charge in [0.15, 0.2) is 0 Å². The van der Waals surface area contributed by atoms with E-state index in [-0.39, 0.29) is 5.92 Å². The SMILES string of the molecule is COc1ccc2nccc([C@@H](O)CC[C@@H]3CCN(CC#Cc4ccc(Cl)cc4)C[C@@H]3C(=O)O)c2c1. The number of hydrogen-bond donors (Lipinski definition) is 2.